The fourth-order valence-corrected chi connectivity index (χ4v) is 0.708. The molecule has 0 unspecified atom stereocenters. The number of hydrogen-bond donors (Lipinski definition) is 2. The van der Waals surface area contributed by atoms with Crippen molar-refractivity contribution in [2.24, 2.45) is 10.7 Å². The van der Waals surface area contributed by atoms with Crippen molar-refractivity contribution in [3.05, 3.63) is 0 Å². The summed E-state index contributed by atoms with van der Waals surface area (Å²) in [5.74, 6) is 0.486. The van der Waals surface area contributed by atoms with Crippen LogP contribution in [-0.4, -0.2) is 49.9 Å². The molecule has 0 rings (SSSR count). The first-order valence-electron chi connectivity index (χ1n) is 3.22. The summed E-state index contributed by atoms with van der Waals surface area (Å²) >= 11 is 0. The van der Waals surface area contributed by atoms with E-state index in [1.165, 1.54) is 0 Å². The van der Waals surface area contributed by atoms with E-state index in [-0.39, 0.29) is 5.96 Å². The summed E-state index contributed by atoms with van der Waals surface area (Å²) in [5, 5.41) is 6.95. The van der Waals surface area contributed by atoms with E-state index >= 15 is 0 Å². The predicted octanol–water partition coefficient (Wildman–Crippen LogP) is -0.641. The summed E-state index contributed by atoms with van der Waals surface area (Å²) in [6.45, 7) is 0. The molecule has 5 heteroatoms. The van der Waals surface area contributed by atoms with Crippen LogP contribution >= 0.6 is 0 Å². The number of nitrogens with one attached hydrogen (secondary N) is 1. The first kappa shape index (κ1) is 9.74. The Kier molecular flexibility index (Phi) is 3.36. The van der Waals surface area contributed by atoms with Gasteiger partial charge in [-0.05, 0) is 0 Å². The average molecular weight is 157 g/mol. The van der Waals surface area contributed by atoms with Crippen molar-refractivity contribution in [2.75, 3.05) is 28.2 Å². The first-order valence-corrected chi connectivity index (χ1v) is 3.22. The number of nitrogens with zero attached hydrogens (tertiary/aromatic N) is 3. The third-order valence-corrected chi connectivity index (χ3v) is 1.02. The Morgan fingerprint density at radius 1 is 1.18 bits per heavy atom. The highest BCUT2D eigenvalue weighted by Crippen LogP contribution is 1.87. The number of hydrogen-bond acceptors (Lipinski definition) is 1. The Bertz CT molecular complexity index is 160. The summed E-state index contributed by atoms with van der Waals surface area (Å²) in [6, 6.07) is 0. The van der Waals surface area contributed by atoms with Crippen LogP contribution in [0.4, 0.5) is 0 Å². The lowest BCUT2D eigenvalue weighted by atomic mass is 10.7. The minimum atomic E-state index is -0.178. The Balaban J connectivity index is 4.46. The average Bonchev–Trinajstić information content (AvgIpc) is 1.81. The maximum atomic E-state index is 6.95. The predicted molar refractivity (Wildman–Crippen MR) is 46.7 cm³/mol. The van der Waals surface area contributed by atoms with Crippen LogP contribution in [-0.2, 0) is 0 Å². The lowest BCUT2D eigenvalue weighted by Crippen LogP contribution is -2.36. The summed E-state index contributed by atoms with van der Waals surface area (Å²) in [7, 11) is 7.40. The van der Waals surface area contributed by atoms with Gasteiger partial charge in [0.05, 0.1) is 0 Å². The third kappa shape index (κ3) is 3.44. The van der Waals surface area contributed by atoms with Gasteiger partial charge < -0.3 is 15.5 Å². The van der Waals surface area contributed by atoms with Crippen LogP contribution in [0, 0.1) is 5.41 Å². The van der Waals surface area contributed by atoms with Crippen LogP contribution < -0.4 is 5.73 Å². The molecule has 0 atom stereocenters. The van der Waals surface area contributed by atoms with Crippen LogP contribution in [0.2, 0.25) is 0 Å². The highest BCUT2D eigenvalue weighted by atomic mass is 15.3. The smallest absolute Gasteiger partial charge is 0.215 e. The maximum absolute atomic E-state index is 6.95. The topological polar surface area (TPSA) is 68.7 Å². The molecule has 0 spiro atoms. The first-order chi connectivity index (χ1) is 4.95. The van der Waals surface area contributed by atoms with E-state index in [2.05, 4.69) is 4.99 Å². The van der Waals surface area contributed by atoms with Crippen molar-refractivity contribution in [3.8, 4) is 0 Å². The van der Waals surface area contributed by atoms with Gasteiger partial charge in [0.25, 0.3) is 0 Å². The van der Waals surface area contributed by atoms with Gasteiger partial charge >= 0.3 is 0 Å². The monoisotopic (exact) mass is 157 g/mol. The van der Waals surface area contributed by atoms with E-state index < -0.39 is 0 Å². The van der Waals surface area contributed by atoms with Crippen LogP contribution in [0.15, 0.2) is 4.99 Å². The van der Waals surface area contributed by atoms with Crippen LogP contribution in [0.5, 0.6) is 0 Å². The molecule has 0 saturated carbocycles. The molecule has 0 aromatic heterocycles. The van der Waals surface area contributed by atoms with Gasteiger partial charge in [0.15, 0.2) is 0 Å². The van der Waals surface area contributed by atoms with E-state index in [0.717, 1.165) is 0 Å². The molecule has 64 valence electrons. The number of aliphatic imine (C=N–C) groups is 1. The molecular formula is C6H15N5. The zero-order valence-electron chi connectivity index (χ0n) is 7.42. The minimum absolute atomic E-state index is 0.178. The number of rotatable bonds is 0. The molecule has 0 amide bonds. The Morgan fingerprint density at radius 3 is 1.64 bits per heavy atom. The quantitative estimate of drug-likeness (QED) is 0.363. The van der Waals surface area contributed by atoms with Gasteiger partial charge in [-0.3, -0.25) is 5.41 Å². The van der Waals surface area contributed by atoms with Crippen molar-refractivity contribution in [1.29, 1.82) is 5.41 Å². The van der Waals surface area contributed by atoms with Gasteiger partial charge in [-0.25, -0.2) is 0 Å². The second-order valence-corrected chi connectivity index (χ2v) is 2.59. The van der Waals surface area contributed by atoms with Crippen molar-refractivity contribution >= 4 is 11.9 Å². The Morgan fingerprint density at radius 2 is 1.55 bits per heavy atom. The van der Waals surface area contributed by atoms with Gasteiger partial charge in [0.2, 0.25) is 11.9 Å². The summed E-state index contributed by atoms with van der Waals surface area (Å²) < 4.78 is 0. The molecule has 0 aliphatic rings. The Labute approximate surface area is 67.0 Å². The van der Waals surface area contributed by atoms with Gasteiger partial charge in [0, 0.05) is 28.2 Å². The van der Waals surface area contributed by atoms with E-state index in [9.17, 15) is 0 Å². The van der Waals surface area contributed by atoms with Crippen molar-refractivity contribution < 1.29 is 0 Å². The molecule has 0 radical (unpaired) electrons. The summed E-state index contributed by atoms with van der Waals surface area (Å²) in [5.41, 5.74) is 5.11. The molecule has 0 saturated heterocycles. The standard InChI is InChI=1S/C6H15N5/c1-10(2)6(11(3)4)9-5(7)8/h1-4H3,(H3,7,8). The number of nitrogens with two attached hydrogens (primary N) is 1. The summed E-state index contributed by atoms with van der Waals surface area (Å²) in [6.07, 6.45) is 0. The van der Waals surface area contributed by atoms with Gasteiger partial charge in [-0.1, -0.05) is 0 Å². The minimum Gasteiger partial charge on any atom is -0.368 e. The Hall–Kier alpha value is -1.26. The normalized spacial score (nSPS) is 8.73. The molecule has 3 N–H and O–H groups in total. The van der Waals surface area contributed by atoms with Gasteiger partial charge in [0.1, 0.15) is 0 Å². The van der Waals surface area contributed by atoms with E-state index in [4.69, 9.17) is 11.1 Å². The van der Waals surface area contributed by atoms with E-state index in [1.807, 2.05) is 28.2 Å². The molecule has 0 aromatic carbocycles. The molecule has 0 aliphatic heterocycles. The lowest BCUT2D eigenvalue weighted by Gasteiger charge is -2.21. The second kappa shape index (κ2) is 3.80. The van der Waals surface area contributed by atoms with Crippen LogP contribution in [0.25, 0.3) is 0 Å². The number of guanidine groups is 2. The molecule has 0 aliphatic carbocycles. The van der Waals surface area contributed by atoms with Gasteiger partial charge in [-0.2, -0.15) is 4.99 Å². The van der Waals surface area contributed by atoms with E-state index in [0.29, 0.717) is 5.96 Å². The van der Waals surface area contributed by atoms with E-state index in [1.54, 1.807) is 9.80 Å². The second-order valence-electron chi connectivity index (χ2n) is 2.59. The van der Waals surface area contributed by atoms with Crippen molar-refractivity contribution in [2.45, 2.75) is 0 Å². The highest BCUT2D eigenvalue weighted by Gasteiger charge is 2.03. The molecular weight excluding hydrogens is 142 g/mol. The zero-order chi connectivity index (χ0) is 9.02. The summed E-state index contributed by atoms with van der Waals surface area (Å²) in [4.78, 5) is 7.39. The molecule has 0 heterocycles. The third-order valence-electron chi connectivity index (χ3n) is 1.02. The fraction of sp³-hybridized carbons (Fsp3) is 0.667. The molecule has 0 bridgehead atoms. The molecule has 0 aromatic rings. The van der Waals surface area contributed by atoms with Crippen LogP contribution in [0.1, 0.15) is 0 Å². The molecule has 5 nitrogen and oxygen atoms in total. The SMILES string of the molecule is CN(C)C(=NC(=N)N)N(C)C. The fourth-order valence-electron chi connectivity index (χ4n) is 0.708. The zero-order valence-corrected chi connectivity index (χ0v) is 7.42. The van der Waals surface area contributed by atoms with Crippen molar-refractivity contribution in [3.63, 3.8) is 0 Å². The highest BCUT2D eigenvalue weighted by molar-refractivity contribution is 5.92. The lowest BCUT2D eigenvalue weighted by molar-refractivity contribution is 0.485. The van der Waals surface area contributed by atoms with Gasteiger partial charge in [-0.15, -0.1) is 0 Å². The molecule has 11 heavy (non-hydrogen) atoms. The van der Waals surface area contributed by atoms with Crippen LogP contribution in [0.3, 0.4) is 0 Å². The maximum Gasteiger partial charge on any atom is 0.215 e. The largest absolute Gasteiger partial charge is 0.368 e. The van der Waals surface area contributed by atoms with Crippen molar-refractivity contribution in [1.82, 2.24) is 9.80 Å². The molecule has 0 fully saturated rings.